The largest absolute Gasteiger partial charge is 0.348 e. The Labute approximate surface area is 142 Å². The number of nitrogens with one attached hydrogen (secondary N) is 2. The third-order valence-corrected chi connectivity index (χ3v) is 3.78. The summed E-state index contributed by atoms with van der Waals surface area (Å²) in [5.74, 6) is -0.128. The van der Waals surface area contributed by atoms with Gasteiger partial charge in [-0.2, -0.15) is 0 Å². The number of carbonyl (C=O) groups is 1. The van der Waals surface area contributed by atoms with E-state index in [-0.39, 0.29) is 5.91 Å². The van der Waals surface area contributed by atoms with Gasteiger partial charge in [0.15, 0.2) is 0 Å². The summed E-state index contributed by atoms with van der Waals surface area (Å²) in [5.41, 5.74) is 3.23. The molecule has 0 aliphatic rings. The van der Waals surface area contributed by atoms with E-state index in [2.05, 4.69) is 31.5 Å². The van der Waals surface area contributed by atoms with E-state index in [9.17, 15) is 4.79 Å². The van der Waals surface area contributed by atoms with Crippen molar-refractivity contribution in [1.29, 1.82) is 0 Å². The van der Waals surface area contributed by atoms with Crippen molar-refractivity contribution in [2.45, 2.75) is 13.1 Å². The molecular formula is C19H22ClN2O+. The second-order valence-corrected chi connectivity index (χ2v) is 6.13. The predicted molar refractivity (Wildman–Crippen MR) is 95.3 cm³/mol. The number of carbonyl (C=O) groups excluding carboxylic acids is 1. The molecule has 0 bridgehead atoms. The van der Waals surface area contributed by atoms with E-state index in [0.29, 0.717) is 11.6 Å². The van der Waals surface area contributed by atoms with E-state index in [4.69, 9.17) is 11.6 Å². The maximum absolute atomic E-state index is 12.0. The van der Waals surface area contributed by atoms with Gasteiger partial charge in [0, 0.05) is 23.2 Å². The lowest BCUT2D eigenvalue weighted by molar-refractivity contribution is -0.872. The van der Waals surface area contributed by atoms with Gasteiger partial charge in [-0.3, -0.25) is 4.79 Å². The monoisotopic (exact) mass is 329 g/mol. The van der Waals surface area contributed by atoms with E-state index >= 15 is 0 Å². The molecule has 4 heteroatoms. The third-order valence-electron chi connectivity index (χ3n) is 3.43. The highest BCUT2D eigenvalue weighted by Gasteiger charge is 2.06. The zero-order chi connectivity index (χ0) is 16.7. The van der Waals surface area contributed by atoms with E-state index in [0.717, 1.165) is 17.7 Å². The first-order valence-corrected chi connectivity index (χ1v) is 8.00. The molecule has 0 fully saturated rings. The van der Waals surface area contributed by atoms with Gasteiger partial charge in [-0.1, -0.05) is 54.1 Å². The Kier molecular flexibility index (Phi) is 6.39. The molecule has 2 aromatic rings. The van der Waals surface area contributed by atoms with Crippen LogP contribution in [0.2, 0.25) is 5.02 Å². The summed E-state index contributed by atoms with van der Waals surface area (Å²) in [7, 11) is 4.23. The van der Waals surface area contributed by atoms with Crippen molar-refractivity contribution in [2.24, 2.45) is 0 Å². The maximum Gasteiger partial charge on any atom is 0.244 e. The first kappa shape index (κ1) is 17.3. The van der Waals surface area contributed by atoms with Crippen LogP contribution < -0.4 is 10.2 Å². The highest BCUT2D eigenvalue weighted by molar-refractivity contribution is 6.32. The smallest absolute Gasteiger partial charge is 0.244 e. The Bertz CT molecular complexity index is 695. The summed E-state index contributed by atoms with van der Waals surface area (Å²) >= 11 is 6.06. The molecule has 0 saturated carbocycles. The quantitative estimate of drug-likeness (QED) is 0.784. The van der Waals surface area contributed by atoms with Gasteiger partial charge < -0.3 is 10.2 Å². The topological polar surface area (TPSA) is 33.5 Å². The van der Waals surface area contributed by atoms with Crippen molar-refractivity contribution in [3.05, 3.63) is 76.3 Å². The lowest BCUT2D eigenvalue weighted by atomic mass is 10.1. The van der Waals surface area contributed by atoms with Crippen LogP contribution in [0.25, 0.3) is 6.08 Å². The third kappa shape index (κ3) is 5.55. The Morgan fingerprint density at radius 2 is 1.74 bits per heavy atom. The van der Waals surface area contributed by atoms with Crippen molar-refractivity contribution < 1.29 is 9.69 Å². The number of benzene rings is 2. The van der Waals surface area contributed by atoms with Crippen molar-refractivity contribution in [3.63, 3.8) is 0 Å². The van der Waals surface area contributed by atoms with Crippen LogP contribution in [0, 0.1) is 0 Å². The zero-order valence-electron chi connectivity index (χ0n) is 13.5. The van der Waals surface area contributed by atoms with Crippen LogP contribution in [-0.4, -0.2) is 20.0 Å². The zero-order valence-corrected chi connectivity index (χ0v) is 14.2. The molecule has 23 heavy (non-hydrogen) atoms. The maximum atomic E-state index is 12.0. The lowest BCUT2D eigenvalue weighted by Gasteiger charge is -2.12. The SMILES string of the molecule is C[NH+](C)Cc1ccccc1CNC(=O)/C=C/c1ccccc1Cl. The first-order valence-electron chi connectivity index (χ1n) is 7.62. The molecule has 3 nitrogen and oxygen atoms in total. The van der Waals surface area contributed by atoms with Crippen LogP contribution in [0.4, 0.5) is 0 Å². The molecule has 0 spiro atoms. The van der Waals surface area contributed by atoms with E-state index in [1.54, 1.807) is 12.1 Å². The van der Waals surface area contributed by atoms with Crippen molar-refractivity contribution >= 4 is 23.6 Å². The number of hydrogen-bond donors (Lipinski definition) is 2. The van der Waals surface area contributed by atoms with Crippen LogP contribution in [0.15, 0.2) is 54.6 Å². The first-order chi connectivity index (χ1) is 11.1. The van der Waals surface area contributed by atoms with Crippen LogP contribution in [0.5, 0.6) is 0 Å². The Morgan fingerprint density at radius 1 is 1.09 bits per heavy atom. The molecule has 2 aromatic carbocycles. The standard InChI is InChI=1S/C19H21ClN2O/c1-22(2)14-17-9-4-3-8-16(17)13-21-19(23)12-11-15-7-5-6-10-18(15)20/h3-12H,13-14H2,1-2H3,(H,21,23)/p+1/b12-11+. The van der Waals surface area contributed by atoms with Crippen LogP contribution in [0.3, 0.4) is 0 Å². The second kappa shape index (κ2) is 8.51. The number of hydrogen-bond acceptors (Lipinski definition) is 1. The second-order valence-electron chi connectivity index (χ2n) is 5.73. The highest BCUT2D eigenvalue weighted by Crippen LogP contribution is 2.16. The van der Waals surface area contributed by atoms with Crippen LogP contribution in [0.1, 0.15) is 16.7 Å². The minimum Gasteiger partial charge on any atom is -0.348 e. The number of rotatable bonds is 6. The molecule has 0 heterocycles. The van der Waals surface area contributed by atoms with Gasteiger partial charge in [-0.15, -0.1) is 0 Å². The lowest BCUT2D eigenvalue weighted by Crippen LogP contribution is -3.04. The molecule has 0 unspecified atom stereocenters. The molecule has 0 aliphatic carbocycles. The van der Waals surface area contributed by atoms with Crippen LogP contribution >= 0.6 is 11.6 Å². The molecule has 120 valence electrons. The van der Waals surface area contributed by atoms with Gasteiger partial charge in [-0.25, -0.2) is 0 Å². The molecule has 0 saturated heterocycles. The van der Waals surface area contributed by atoms with Gasteiger partial charge in [0.25, 0.3) is 0 Å². The van der Waals surface area contributed by atoms with E-state index < -0.39 is 0 Å². The summed E-state index contributed by atoms with van der Waals surface area (Å²) in [6, 6.07) is 15.6. The van der Waals surface area contributed by atoms with Crippen molar-refractivity contribution in [2.75, 3.05) is 14.1 Å². The molecule has 2 rings (SSSR count). The normalized spacial score (nSPS) is 11.1. The summed E-state index contributed by atoms with van der Waals surface area (Å²) in [6.45, 7) is 1.46. The number of halogens is 1. The summed E-state index contributed by atoms with van der Waals surface area (Å²) in [4.78, 5) is 13.3. The predicted octanol–water partition coefficient (Wildman–Crippen LogP) is 2.31. The molecular weight excluding hydrogens is 308 g/mol. The molecule has 0 radical (unpaired) electrons. The highest BCUT2D eigenvalue weighted by atomic mass is 35.5. The molecule has 0 aliphatic heterocycles. The minimum absolute atomic E-state index is 0.128. The Hall–Kier alpha value is -2.10. The average molecular weight is 330 g/mol. The Morgan fingerprint density at radius 3 is 2.43 bits per heavy atom. The van der Waals surface area contributed by atoms with Gasteiger partial charge >= 0.3 is 0 Å². The number of quaternary nitrogens is 1. The Balaban J connectivity index is 1.96. The summed E-state index contributed by atoms with van der Waals surface area (Å²) in [6.07, 6.45) is 3.24. The van der Waals surface area contributed by atoms with Gasteiger partial charge in [0.2, 0.25) is 5.91 Å². The van der Waals surface area contributed by atoms with Crippen LogP contribution in [-0.2, 0) is 17.9 Å². The summed E-state index contributed by atoms with van der Waals surface area (Å²) < 4.78 is 0. The fourth-order valence-electron chi connectivity index (χ4n) is 2.30. The average Bonchev–Trinajstić information content (AvgIpc) is 2.53. The minimum atomic E-state index is -0.128. The molecule has 0 aromatic heterocycles. The van der Waals surface area contributed by atoms with Gasteiger partial charge in [-0.05, 0) is 23.3 Å². The fourth-order valence-corrected chi connectivity index (χ4v) is 2.50. The number of amides is 1. The van der Waals surface area contributed by atoms with Gasteiger partial charge in [0.05, 0.1) is 14.1 Å². The van der Waals surface area contributed by atoms with E-state index in [1.807, 2.05) is 30.3 Å². The molecule has 2 N–H and O–H groups in total. The fraction of sp³-hybridized carbons (Fsp3) is 0.211. The molecule has 0 atom stereocenters. The van der Waals surface area contributed by atoms with Crippen molar-refractivity contribution in [1.82, 2.24) is 5.32 Å². The van der Waals surface area contributed by atoms with Crippen molar-refractivity contribution in [3.8, 4) is 0 Å². The summed E-state index contributed by atoms with van der Waals surface area (Å²) in [5, 5.41) is 3.56. The van der Waals surface area contributed by atoms with Gasteiger partial charge in [0.1, 0.15) is 6.54 Å². The van der Waals surface area contributed by atoms with E-state index in [1.165, 1.54) is 16.5 Å². The molecule has 1 amide bonds.